The molecule has 1 saturated carbocycles. The van der Waals surface area contributed by atoms with Crippen LogP contribution in [-0.4, -0.2) is 27.7 Å². The van der Waals surface area contributed by atoms with Gasteiger partial charge in [0.2, 0.25) is 0 Å². The Bertz CT molecular complexity index is 531. The molecule has 0 aromatic rings. The molecular formula is C20H32O3. The smallest absolute Gasteiger partial charge is 0.158 e. The van der Waals surface area contributed by atoms with E-state index in [2.05, 4.69) is 26.8 Å². The minimum Gasteiger partial charge on any atom is -0.389 e. The third kappa shape index (κ3) is 3.46. The molecule has 130 valence electrons. The van der Waals surface area contributed by atoms with Crippen LogP contribution in [0.5, 0.6) is 0 Å². The van der Waals surface area contributed by atoms with Gasteiger partial charge in [0.25, 0.3) is 0 Å². The third-order valence-corrected chi connectivity index (χ3v) is 6.43. The van der Waals surface area contributed by atoms with Gasteiger partial charge in [0.05, 0.1) is 11.7 Å². The highest BCUT2D eigenvalue weighted by molar-refractivity contribution is 5.95. The van der Waals surface area contributed by atoms with E-state index in [0.29, 0.717) is 18.4 Å². The third-order valence-electron chi connectivity index (χ3n) is 6.43. The van der Waals surface area contributed by atoms with Gasteiger partial charge in [-0.05, 0) is 62.0 Å². The summed E-state index contributed by atoms with van der Waals surface area (Å²) >= 11 is 0. The molecule has 2 N–H and O–H groups in total. The quantitative estimate of drug-likeness (QED) is 0.723. The first kappa shape index (κ1) is 18.4. The van der Waals surface area contributed by atoms with Gasteiger partial charge in [0, 0.05) is 12.3 Å². The molecule has 23 heavy (non-hydrogen) atoms. The summed E-state index contributed by atoms with van der Waals surface area (Å²) in [5, 5.41) is 21.5. The Morgan fingerprint density at radius 3 is 2.48 bits per heavy atom. The molecule has 2 aliphatic carbocycles. The molecule has 3 nitrogen and oxygen atoms in total. The predicted octanol–water partition coefficient (Wildman–Crippen LogP) is 3.80. The van der Waals surface area contributed by atoms with E-state index in [1.54, 1.807) is 0 Å². The number of fused-ring (bicyclic) bond motifs is 1. The van der Waals surface area contributed by atoms with Crippen LogP contribution >= 0.6 is 0 Å². The molecule has 2 aliphatic rings. The largest absolute Gasteiger partial charge is 0.389 e. The van der Waals surface area contributed by atoms with Crippen molar-refractivity contribution >= 4 is 5.78 Å². The maximum Gasteiger partial charge on any atom is 0.158 e. The highest BCUT2D eigenvalue weighted by atomic mass is 16.3. The lowest BCUT2D eigenvalue weighted by Crippen LogP contribution is -2.44. The second-order valence-corrected chi connectivity index (χ2v) is 8.27. The van der Waals surface area contributed by atoms with Crippen molar-refractivity contribution in [3.05, 3.63) is 23.3 Å². The van der Waals surface area contributed by atoms with Gasteiger partial charge in [-0.15, -0.1) is 0 Å². The van der Waals surface area contributed by atoms with Crippen LogP contribution in [0, 0.1) is 17.3 Å². The van der Waals surface area contributed by atoms with E-state index in [0.717, 1.165) is 24.8 Å². The van der Waals surface area contributed by atoms with Gasteiger partial charge in [0.1, 0.15) is 0 Å². The first-order valence-electron chi connectivity index (χ1n) is 8.87. The zero-order chi connectivity index (χ0) is 17.4. The van der Waals surface area contributed by atoms with Crippen molar-refractivity contribution in [2.24, 2.45) is 17.3 Å². The Morgan fingerprint density at radius 2 is 1.87 bits per heavy atom. The molecule has 0 saturated heterocycles. The van der Waals surface area contributed by atoms with E-state index in [1.807, 2.05) is 19.9 Å². The number of carbonyl (C=O) groups excluding carboxylic acids is 1. The van der Waals surface area contributed by atoms with Crippen LogP contribution in [-0.2, 0) is 4.79 Å². The van der Waals surface area contributed by atoms with Crippen molar-refractivity contribution in [3.8, 4) is 0 Å². The number of aliphatic hydroxyl groups is 2. The SMILES string of the molecule is C/C1=C/C[C@@H](O)/C(C)=C/C[C@]2(C)CC[C@](O)(C(C)C)C2CC1=O. The number of rotatable bonds is 1. The van der Waals surface area contributed by atoms with Crippen LogP contribution in [0.1, 0.15) is 66.7 Å². The first-order chi connectivity index (χ1) is 10.6. The number of ketones is 1. The summed E-state index contributed by atoms with van der Waals surface area (Å²) in [6, 6.07) is 0. The van der Waals surface area contributed by atoms with E-state index in [1.165, 1.54) is 0 Å². The lowest BCUT2D eigenvalue weighted by Gasteiger charge is -2.40. The molecule has 0 heterocycles. The van der Waals surface area contributed by atoms with Crippen LogP contribution < -0.4 is 0 Å². The molecule has 4 atom stereocenters. The lowest BCUT2D eigenvalue weighted by atomic mass is 9.67. The van der Waals surface area contributed by atoms with Crippen molar-refractivity contribution in [2.45, 2.75) is 78.4 Å². The lowest BCUT2D eigenvalue weighted by molar-refractivity contribution is -0.122. The van der Waals surface area contributed by atoms with E-state index in [9.17, 15) is 15.0 Å². The first-order valence-corrected chi connectivity index (χ1v) is 8.87. The number of aliphatic hydroxyl groups excluding tert-OH is 1. The molecule has 0 aromatic carbocycles. The topological polar surface area (TPSA) is 57.5 Å². The summed E-state index contributed by atoms with van der Waals surface area (Å²) in [5.74, 6) is 0.200. The van der Waals surface area contributed by atoms with Gasteiger partial charge in [-0.1, -0.05) is 32.9 Å². The normalized spacial score (nSPS) is 44.1. The summed E-state index contributed by atoms with van der Waals surface area (Å²) in [7, 11) is 0. The highest BCUT2D eigenvalue weighted by Gasteiger charge is 2.55. The minimum atomic E-state index is -0.779. The monoisotopic (exact) mass is 320 g/mol. The van der Waals surface area contributed by atoms with Crippen LogP contribution in [0.3, 0.4) is 0 Å². The van der Waals surface area contributed by atoms with Crippen molar-refractivity contribution in [2.75, 3.05) is 0 Å². The fraction of sp³-hybridized carbons (Fsp3) is 0.750. The maximum absolute atomic E-state index is 12.6. The van der Waals surface area contributed by atoms with Gasteiger partial charge in [-0.25, -0.2) is 0 Å². The van der Waals surface area contributed by atoms with Crippen LogP contribution in [0.2, 0.25) is 0 Å². The molecule has 3 heteroatoms. The van der Waals surface area contributed by atoms with Crippen molar-refractivity contribution in [1.29, 1.82) is 0 Å². The second-order valence-electron chi connectivity index (χ2n) is 8.27. The van der Waals surface area contributed by atoms with Gasteiger partial charge in [-0.3, -0.25) is 4.79 Å². The molecule has 0 amide bonds. The number of Topliss-reactive ketones (excluding diaryl/α,β-unsaturated/α-hetero) is 1. The van der Waals surface area contributed by atoms with E-state index < -0.39 is 11.7 Å². The van der Waals surface area contributed by atoms with Crippen molar-refractivity contribution < 1.29 is 15.0 Å². The van der Waals surface area contributed by atoms with Crippen molar-refractivity contribution in [3.63, 3.8) is 0 Å². The molecule has 0 spiro atoms. The molecular weight excluding hydrogens is 288 g/mol. The summed E-state index contributed by atoms with van der Waals surface area (Å²) in [6.45, 7) is 10.1. The molecule has 1 unspecified atom stereocenters. The average Bonchev–Trinajstić information content (AvgIpc) is 2.75. The molecule has 0 aromatic heterocycles. The summed E-state index contributed by atoms with van der Waals surface area (Å²) in [5.41, 5.74) is 0.793. The number of hydrogen-bond acceptors (Lipinski definition) is 3. The van der Waals surface area contributed by atoms with Crippen LogP contribution in [0.25, 0.3) is 0 Å². The fourth-order valence-electron chi connectivity index (χ4n) is 4.26. The Hall–Kier alpha value is -0.930. The number of carbonyl (C=O) groups is 1. The zero-order valence-electron chi connectivity index (χ0n) is 15.2. The summed E-state index contributed by atoms with van der Waals surface area (Å²) < 4.78 is 0. The zero-order valence-corrected chi connectivity index (χ0v) is 15.2. The second kappa shape index (κ2) is 6.52. The fourth-order valence-corrected chi connectivity index (χ4v) is 4.26. The Balaban J connectivity index is 2.45. The van der Waals surface area contributed by atoms with E-state index in [-0.39, 0.29) is 23.0 Å². The highest BCUT2D eigenvalue weighted by Crippen LogP contribution is 2.56. The summed E-state index contributed by atoms with van der Waals surface area (Å²) in [4.78, 5) is 12.6. The molecule has 0 radical (unpaired) electrons. The van der Waals surface area contributed by atoms with Crippen LogP contribution in [0.15, 0.2) is 23.3 Å². The van der Waals surface area contributed by atoms with Gasteiger partial charge in [0.15, 0.2) is 5.78 Å². The Labute approximate surface area is 140 Å². The molecule has 1 fully saturated rings. The molecule has 2 rings (SSSR count). The maximum atomic E-state index is 12.6. The number of allylic oxidation sites excluding steroid dienone is 2. The van der Waals surface area contributed by atoms with Crippen molar-refractivity contribution in [1.82, 2.24) is 0 Å². The van der Waals surface area contributed by atoms with Gasteiger partial charge in [-0.2, -0.15) is 0 Å². The predicted molar refractivity (Wildman–Crippen MR) is 93.0 cm³/mol. The van der Waals surface area contributed by atoms with Gasteiger partial charge >= 0.3 is 0 Å². The van der Waals surface area contributed by atoms with Crippen LogP contribution in [0.4, 0.5) is 0 Å². The molecule has 0 aliphatic heterocycles. The Kier molecular flexibility index (Phi) is 5.22. The summed E-state index contributed by atoms with van der Waals surface area (Å²) in [6.07, 6.45) is 6.79. The minimum absolute atomic E-state index is 0.0369. The van der Waals surface area contributed by atoms with Gasteiger partial charge < -0.3 is 10.2 Å². The van der Waals surface area contributed by atoms with E-state index >= 15 is 0 Å². The van der Waals surface area contributed by atoms with E-state index in [4.69, 9.17) is 0 Å². The Morgan fingerprint density at radius 1 is 1.22 bits per heavy atom. The average molecular weight is 320 g/mol. The molecule has 0 bridgehead atoms. The standard InChI is InChI=1S/C20H32O3/c1-13(2)20(23)11-10-19(5)9-8-15(4)16(21)7-6-14(3)17(22)12-18(19)20/h6,8,13,16,18,21,23H,7,9-12H2,1-5H3/b14-6-,15-8+/t16-,18?,19-,20+/m1/s1. The number of hydrogen-bond donors (Lipinski definition) is 2.